The number of aliphatic hydroxyl groups is 1. The number of nitrogens with one attached hydrogen (secondary N) is 2. The number of para-hydroxylation sites is 1. The van der Waals surface area contributed by atoms with Crippen molar-refractivity contribution in [2.24, 2.45) is 5.41 Å². The van der Waals surface area contributed by atoms with E-state index in [-0.39, 0.29) is 31.2 Å². The van der Waals surface area contributed by atoms with Crippen LogP contribution in [0.5, 0.6) is 0 Å². The predicted molar refractivity (Wildman–Crippen MR) is 126 cm³/mol. The number of fused-ring (bicyclic) bond motifs is 1. The molecule has 176 valence electrons. The molecule has 9 heteroatoms. The molecule has 0 fully saturated rings. The summed E-state index contributed by atoms with van der Waals surface area (Å²) in [6, 6.07) is 14.5. The average Bonchev–Trinajstić information content (AvgIpc) is 3.18. The number of nitriles is 1. The monoisotopic (exact) mass is 461 g/mol. The topological polar surface area (TPSA) is 137 Å². The second-order valence-electron chi connectivity index (χ2n) is 8.92. The van der Waals surface area contributed by atoms with Crippen molar-refractivity contribution in [3.8, 4) is 6.07 Å². The van der Waals surface area contributed by atoms with Gasteiger partial charge in [-0.1, -0.05) is 51.1 Å². The summed E-state index contributed by atoms with van der Waals surface area (Å²) < 4.78 is 1.46. The van der Waals surface area contributed by atoms with Crippen LogP contribution < -0.4 is 10.6 Å². The van der Waals surface area contributed by atoms with E-state index in [1.54, 1.807) is 48.5 Å². The van der Waals surface area contributed by atoms with Crippen molar-refractivity contribution in [3.63, 3.8) is 0 Å². The summed E-state index contributed by atoms with van der Waals surface area (Å²) >= 11 is 0. The van der Waals surface area contributed by atoms with E-state index < -0.39 is 23.3 Å². The molecule has 34 heavy (non-hydrogen) atoms. The van der Waals surface area contributed by atoms with Crippen LogP contribution in [0.4, 0.5) is 0 Å². The molecule has 0 radical (unpaired) electrons. The SMILES string of the molecule is CC(C)(C)[C@H](NC(=O)c1nn(CC(=O)c2ccc(C#N)cc2)c2ccccc12)C(=O)NCCO. The summed E-state index contributed by atoms with van der Waals surface area (Å²) in [6.07, 6.45) is 0. The second-order valence-corrected chi connectivity index (χ2v) is 8.92. The number of aliphatic hydroxyl groups excluding tert-OH is 1. The molecule has 2 amide bonds. The maximum absolute atomic E-state index is 13.2. The van der Waals surface area contributed by atoms with Crippen molar-refractivity contribution in [1.82, 2.24) is 20.4 Å². The highest BCUT2D eigenvalue weighted by atomic mass is 16.3. The van der Waals surface area contributed by atoms with Gasteiger partial charge in [-0.25, -0.2) is 0 Å². The van der Waals surface area contributed by atoms with Gasteiger partial charge in [0.15, 0.2) is 11.5 Å². The Morgan fingerprint density at radius 2 is 1.79 bits per heavy atom. The summed E-state index contributed by atoms with van der Waals surface area (Å²) in [7, 11) is 0. The van der Waals surface area contributed by atoms with Gasteiger partial charge in [0.1, 0.15) is 12.6 Å². The van der Waals surface area contributed by atoms with Crippen molar-refractivity contribution >= 4 is 28.5 Å². The summed E-state index contributed by atoms with van der Waals surface area (Å²) in [5.41, 5.74) is 0.993. The fourth-order valence-electron chi connectivity index (χ4n) is 3.53. The summed E-state index contributed by atoms with van der Waals surface area (Å²) in [5, 5.41) is 28.3. The number of carbonyl (C=O) groups is 3. The quantitative estimate of drug-likeness (QED) is 0.439. The van der Waals surface area contributed by atoms with E-state index in [9.17, 15) is 14.4 Å². The highest BCUT2D eigenvalue weighted by molar-refractivity contribution is 6.06. The zero-order valence-corrected chi connectivity index (χ0v) is 19.3. The molecule has 3 aromatic rings. The van der Waals surface area contributed by atoms with Gasteiger partial charge in [-0.2, -0.15) is 10.4 Å². The molecule has 1 heterocycles. The Bertz CT molecular complexity index is 1250. The lowest BCUT2D eigenvalue weighted by Crippen LogP contribution is -2.54. The highest BCUT2D eigenvalue weighted by Crippen LogP contribution is 2.23. The Morgan fingerprint density at radius 1 is 1.12 bits per heavy atom. The van der Waals surface area contributed by atoms with Crippen LogP contribution in [0.2, 0.25) is 0 Å². The third-order valence-corrected chi connectivity index (χ3v) is 5.32. The molecular weight excluding hydrogens is 434 g/mol. The molecule has 0 aliphatic carbocycles. The van der Waals surface area contributed by atoms with Gasteiger partial charge < -0.3 is 15.7 Å². The predicted octanol–water partition coefficient (Wildman–Crippen LogP) is 2.04. The molecule has 0 spiro atoms. The van der Waals surface area contributed by atoms with Crippen LogP contribution in [-0.4, -0.2) is 51.7 Å². The van der Waals surface area contributed by atoms with Crippen LogP contribution in [0.25, 0.3) is 10.9 Å². The van der Waals surface area contributed by atoms with Crippen LogP contribution in [0, 0.1) is 16.7 Å². The van der Waals surface area contributed by atoms with Crippen LogP contribution in [0.3, 0.4) is 0 Å². The van der Waals surface area contributed by atoms with Gasteiger partial charge in [0.05, 0.1) is 23.8 Å². The molecule has 3 rings (SSSR count). The first-order valence-corrected chi connectivity index (χ1v) is 10.8. The van der Waals surface area contributed by atoms with E-state index in [1.807, 2.05) is 26.8 Å². The number of hydrogen-bond acceptors (Lipinski definition) is 6. The van der Waals surface area contributed by atoms with Gasteiger partial charge in [-0.05, 0) is 23.6 Å². The van der Waals surface area contributed by atoms with Crippen LogP contribution in [0.1, 0.15) is 47.2 Å². The Balaban J connectivity index is 1.89. The number of hydrogen-bond donors (Lipinski definition) is 3. The normalized spacial score (nSPS) is 12.1. The lowest BCUT2D eigenvalue weighted by atomic mass is 9.86. The number of ketones is 1. The van der Waals surface area contributed by atoms with Crippen molar-refractivity contribution in [2.45, 2.75) is 33.4 Å². The third kappa shape index (κ3) is 5.47. The Hall–Kier alpha value is -4.03. The number of rotatable bonds is 8. The molecule has 1 aromatic heterocycles. The van der Waals surface area contributed by atoms with Gasteiger partial charge in [-0.15, -0.1) is 0 Å². The lowest BCUT2D eigenvalue weighted by molar-refractivity contribution is -0.125. The van der Waals surface area contributed by atoms with E-state index >= 15 is 0 Å². The summed E-state index contributed by atoms with van der Waals surface area (Å²) in [4.78, 5) is 38.6. The van der Waals surface area contributed by atoms with Crippen LogP contribution >= 0.6 is 0 Å². The van der Waals surface area contributed by atoms with E-state index in [1.165, 1.54) is 4.68 Å². The van der Waals surface area contributed by atoms with E-state index in [0.717, 1.165) is 0 Å². The minimum atomic E-state index is -0.865. The molecule has 0 aliphatic heterocycles. The number of benzene rings is 2. The van der Waals surface area contributed by atoms with Gasteiger partial charge in [0.2, 0.25) is 5.91 Å². The largest absolute Gasteiger partial charge is 0.395 e. The zero-order valence-electron chi connectivity index (χ0n) is 19.3. The van der Waals surface area contributed by atoms with E-state index in [2.05, 4.69) is 15.7 Å². The number of carbonyl (C=O) groups excluding carboxylic acids is 3. The fourth-order valence-corrected chi connectivity index (χ4v) is 3.53. The standard InChI is InChI=1S/C25H27N5O4/c1-25(2,3)22(24(34)27-12-13-31)28-23(33)21-18-6-4-5-7-19(18)30(29-21)15-20(32)17-10-8-16(14-26)9-11-17/h4-11,22,31H,12-13,15H2,1-3H3,(H,27,34)(H,28,33)/t22-/m1/s1. The molecule has 3 N–H and O–H groups in total. The molecule has 0 bridgehead atoms. The number of nitrogens with zero attached hydrogens (tertiary/aromatic N) is 3. The van der Waals surface area contributed by atoms with Gasteiger partial charge in [-0.3, -0.25) is 19.1 Å². The number of Topliss-reactive ketones (excluding diaryl/α,β-unsaturated/α-hetero) is 1. The van der Waals surface area contributed by atoms with E-state index in [0.29, 0.717) is 22.0 Å². The minimum absolute atomic E-state index is 0.0797. The molecule has 0 aliphatic rings. The van der Waals surface area contributed by atoms with Crippen molar-refractivity contribution in [3.05, 3.63) is 65.4 Å². The third-order valence-electron chi connectivity index (χ3n) is 5.32. The van der Waals surface area contributed by atoms with Gasteiger partial charge in [0, 0.05) is 17.5 Å². The summed E-state index contributed by atoms with van der Waals surface area (Å²) in [5.74, 6) is -1.17. The van der Waals surface area contributed by atoms with Crippen LogP contribution in [-0.2, 0) is 11.3 Å². The first-order chi connectivity index (χ1) is 16.2. The Kier molecular flexibility index (Phi) is 7.44. The lowest BCUT2D eigenvalue weighted by Gasteiger charge is -2.30. The smallest absolute Gasteiger partial charge is 0.273 e. The second kappa shape index (κ2) is 10.3. The van der Waals surface area contributed by atoms with Gasteiger partial charge in [0.25, 0.3) is 5.91 Å². The molecule has 0 saturated heterocycles. The van der Waals surface area contributed by atoms with Crippen molar-refractivity contribution in [2.75, 3.05) is 13.2 Å². The molecule has 1 atom stereocenters. The molecule has 2 aromatic carbocycles. The first-order valence-electron chi connectivity index (χ1n) is 10.8. The molecule has 0 saturated carbocycles. The molecule has 9 nitrogen and oxygen atoms in total. The van der Waals surface area contributed by atoms with Crippen molar-refractivity contribution in [1.29, 1.82) is 5.26 Å². The minimum Gasteiger partial charge on any atom is -0.395 e. The summed E-state index contributed by atoms with van der Waals surface area (Å²) in [6.45, 7) is 5.24. The van der Waals surface area contributed by atoms with Crippen LogP contribution in [0.15, 0.2) is 48.5 Å². The first kappa shape index (κ1) is 24.6. The maximum Gasteiger partial charge on any atom is 0.273 e. The van der Waals surface area contributed by atoms with E-state index in [4.69, 9.17) is 10.4 Å². The number of aromatic nitrogens is 2. The number of amides is 2. The zero-order chi connectivity index (χ0) is 24.9. The van der Waals surface area contributed by atoms with Gasteiger partial charge >= 0.3 is 0 Å². The molecule has 0 unspecified atom stereocenters. The van der Waals surface area contributed by atoms with Crippen molar-refractivity contribution < 1.29 is 19.5 Å². The highest BCUT2D eigenvalue weighted by Gasteiger charge is 2.34. The fraction of sp³-hybridized carbons (Fsp3) is 0.320. The average molecular weight is 462 g/mol. The Morgan fingerprint density at radius 3 is 2.41 bits per heavy atom. The Labute approximate surface area is 197 Å². The maximum atomic E-state index is 13.2. The molecular formula is C25H27N5O4.